The number of carbonyl (C=O) groups is 1. The van der Waals surface area contributed by atoms with Gasteiger partial charge in [0, 0.05) is 15.3 Å². The summed E-state index contributed by atoms with van der Waals surface area (Å²) in [6.07, 6.45) is 4.73. The van der Waals surface area contributed by atoms with E-state index >= 15 is 0 Å². The molecular formula is C13H13ClOS. The summed E-state index contributed by atoms with van der Waals surface area (Å²) in [6.45, 7) is 0. The van der Waals surface area contributed by atoms with Crippen molar-refractivity contribution in [1.29, 1.82) is 0 Å². The summed E-state index contributed by atoms with van der Waals surface area (Å²) in [5, 5.41) is 1.09. The first-order chi connectivity index (χ1) is 7.71. The lowest BCUT2D eigenvalue weighted by molar-refractivity contribution is -0.116. The van der Waals surface area contributed by atoms with Crippen molar-refractivity contribution in [3.05, 3.63) is 29.3 Å². The minimum absolute atomic E-state index is 0.0598. The first-order valence-corrected chi connectivity index (χ1v) is 6.88. The second-order valence-electron chi connectivity index (χ2n) is 4.77. The Morgan fingerprint density at radius 1 is 1.25 bits per heavy atom. The molecule has 0 radical (unpaired) electrons. The Hall–Kier alpha value is -0.470. The molecule has 3 heteroatoms. The second-order valence-corrected chi connectivity index (χ2v) is 6.26. The highest BCUT2D eigenvalue weighted by Crippen LogP contribution is 2.63. The third kappa shape index (κ3) is 1.89. The largest absolute Gasteiger partial charge is 0.286 e. The molecule has 0 aliphatic heterocycles. The summed E-state index contributed by atoms with van der Waals surface area (Å²) in [4.78, 5) is 13.2. The van der Waals surface area contributed by atoms with Gasteiger partial charge in [-0.15, -0.1) is 0 Å². The lowest BCUT2D eigenvalue weighted by atomic mass is 10.0. The van der Waals surface area contributed by atoms with Gasteiger partial charge in [0.2, 0.25) is 0 Å². The molecule has 1 aromatic carbocycles. The van der Waals surface area contributed by atoms with Gasteiger partial charge >= 0.3 is 0 Å². The summed E-state index contributed by atoms with van der Waals surface area (Å²) in [5.74, 6) is 0.694. The van der Waals surface area contributed by atoms with Crippen LogP contribution in [0.25, 0.3) is 0 Å². The van der Waals surface area contributed by atoms with Gasteiger partial charge in [0.15, 0.2) is 5.12 Å². The number of benzene rings is 1. The van der Waals surface area contributed by atoms with Crippen molar-refractivity contribution in [3.8, 4) is 0 Å². The molecule has 0 heterocycles. The van der Waals surface area contributed by atoms with Gasteiger partial charge in [0.05, 0.1) is 0 Å². The number of halogens is 1. The topological polar surface area (TPSA) is 17.1 Å². The first-order valence-electron chi connectivity index (χ1n) is 5.69. The fourth-order valence-electron chi connectivity index (χ4n) is 2.26. The molecule has 84 valence electrons. The molecule has 0 unspecified atom stereocenters. The van der Waals surface area contributed by atoms with E-state index in [0.717, 1.165) is 22.8 Å². The van der Waals surface area contributed by atoms with Gasteiger partial charge in [0.1, 0.15) is 0 Å². The third-order valence-corrected chi connectivity index (χ3v) is 4.93. The summed E-state index contributed by atoms with van der Waals surface area (Å²) >= 11 is 7.21. The van der Waals surface area contributed by atoms with E-state index in [1.54, 1.807) is 0 Å². The highest BCUT2D eigenvalue weighted by Gasteiger charge is 2.58. The van der Waals surface area contributed by atoms with E-state index < -0.39 is 0 Å². The van der Waals surface area contributed by atoms with E-state index in [-0.39, 0.29) is 5.41 Å². The van der Waals surface area contributed by atoms with Crippen LogP contribution in [0.15, 0.2) is 29.2 Å². The average Bonchev–Trinajstić information content (AvgIpc) is 3.14. The van der Waals surface area contributed by atoms with Crippen LogP contribution in [0, 0.1) is 11.3 Å². The highest BCUT2D eigenvalue weighted by atomic mass is 35.5. The van der Waals surface area contributed by atoms with Gasteiger partial charge in [-0.25, -0.2) is 0 Å². The van der Waals surface area contributed by atoms with E-state index in [9.17, 15) is 4.79 Å². The molecule has 16 heavy (non-hydrogen) atoms. The van der Waals surface area contributed by atoms with Crippen LogP contribution in [-0.2, 0) is 4.79 Å². The van der Waals surface area contributed by atoms with Crippen LogP contribution >= 0.6 is 23.4 Å². The summed E-state index contributed by atoms with van der Waals surface area (Å²) in [5.41, 5.74) is 0.0598. The maximum atomic E-state index is 12.2. The van der Waals surface area contributed by atoms with Gasteiger partial charge in [-0.2, -0.15) is 0 Å². The van der Waals surface area contributed by atoms with Crippen LogP contribution in [0.1, 0.15) is 25.7 Å². The van der Waals surface area contributed by atoms with E-state index in [4.69, 9.17) is 11.6 Å². The van der Waals surface area contributed by atoms with Gasteiger partial charge in [-0.3, -0.25) is 4.79 Å². The number of thioether (sulfide) groups is 1. The van der Waals surface area contributed by atoms with Crippen LogP contribution in [0.4, 0.5) is 0 Å². The zero-order chi connectivity index (χ0) is 11.2. The molecule has 0 bridgehead atoms. The van der Waals surface area contributed by atoms with Crippen molar-refractivity contribution >= 4 is 28.5 Å². The predicted octanol–water partition coefficient (Wildman–Crippen LogP) is 4.15. The molecule has 0 aromatic heterocycles. The second kappa shape index (κ2) is 3.78. The van der Waals surface area contributed by atoms with Crippen molar-refractivity contribution in [3.63, 3.8) is 0 Å². The van der Waals surface area contributed by atoms with E-state index in [0.29, 0.717) is 11.0 Å². The van der Waals surface area contributed by atoms with Gasteiger partial charge in [-0.05, 0) is 55.9 Å². The normalized spacial score (nSPS) is 21.8. The van der Waals surface area contributed by atoms with Crippen LogP contribution in [0.5, 0.6) is 0 Å². The molecule has 3 rings (SSSR count). The third-order valence-electron chi connectivity index (χ3n) is 3.58. The Morgan fingerprint density at radius 2 is 1.88 bits per heavy atom. The molecular weight excluding hydrogens is 240 g/mol. The van der Waals surface area contributed by atoms with Gasteiger partial charge < -0.3 is 0 Å². The molecule has 1 nitrogen and oxygen atoms in total. The molecule has 1 aromatic rings. The zero-order valence-electron chi connectivity index (χ0n) is 8.91. The zero-order valence-corrected chi connectivity index (χ0v) is 10.5. The van der Waals surface area contributed by atoms with E-state index in [2.05, 4.69) is 0 Å². The monoisotopic (exact) mass is 252 g/mol. The smallest absolute Gasteiger partial charge is 0.200 e. The molecule has 2 aliphatic rings. The van der Waals surface area contributed by atoms with Crippen molar-refractivity contribution in [2.75, 3.05) is 0 Å². The lowest BCUT2D eigenvalue weighted by Gasteiger charge is -2.11. The number of rotatable bonds is 3. The average molecular weight is 253 g/mol. The Kier molecular flexibility index (Phi) is 2.52. The molecule has 2 saturated carbocycles. The fourth-order valence-corrected chi connectivity index (χ4v) is 3.45. The van der Waals surface area contributed by atoms with E-state index in [1.807, 2.05) is 24.3 Å². The minimum atomic E-state index is 0.0598. The Balaban J connectivity index is 1.70. The Morgan fingerprint density at radius 3 is 2.38 bits per heavy atom. The molecule has 2 aliphatic carbocycles. The van der Waals surface area contributed by atoms with Crippen LogP contribution in [-0.4, -0.2) is 5.12 Å². The summed E-state index contributed by atoms with van der Waals surface area (Å²) < 4.78 is 0. The SMILES string of the molecule is O=C(Sc1ccc(Cl)cc1)C1(C2CC2)CC1. The lowest BCUT2D eigenvalue weighted by Crippen LogP contribution is -2.14. The molecule has 0 atom stereocenters. The van der Waals surface area contributed by atoms with Gasteiger partial charge in [-0.1, -0.05) is 23.4 Å². The minimum Gasteiger partial charge on any atom is -0.286 e. The Bertz CT molecular complexity index is 418. The summed E-state index contributed by atoms with van der Waals surface area (Å²) in [7, 11) is 0. The van der Waals surface area contributed by atoms with Crippen molar-refractivity contribution in [2.45, 2.75) is 30.6 Å². The van der Waals surface area contributed by atoms with Crippen molar-refractivity contribution in [2.24, 2.45) is 11.3 Å². The van der Waals surface area contributed by atoms with E-state index in [1.165, 1.54) is 24.6 Å². The standard InChI is InChI=1S/C13H13ClOS/c14-10-3-5-11(6-4-10)16-12(15)13(7-8-13)9-1-2-9/h3-6,9H,1-2,7-8H2. The highest BCUT2D eigenvalue weighted by molar-refractivity contribution is 8.13. The molecule has 0 saturated heterocycles. The quantitative estimate of drug-likeness (QED) is 0.752. The predicted molar refractivity (Wildman–Crippen MR) is 66.7 cm³/mol. The number of hydrogen-bond acceptors (Lipinski definition) is 2. The molecule has 2 fully saturated rings. The Labute approximate surface area is 105 Å². The van der Waals surface area contributed by atoms with Crippen LogP contribution in [0.3, 0.4) is 0 Å². The summed E-state index contributed by atoms with van der Waals surface area (Å²) in [6, 6.07) is 7.53. The van der Waals surface area contributed by atoms with Crippen LogP contribution in [0.2, 0.25) is 5.02 Å². The first kappa shape index (κ1) is 10.7. The van der Waals surface area contributed by atoms with Crippen molar-refractivity contribution < 1.29 is 4.79 Å². The van der Waals surface area contributed by atoms with Crippen LogP contribution < -0.4 is 0 Å². The molecule has 0 amide bonds. The fraction of sp³-hybridized carbons (Fsp3) is 0.462. The molecule has 0 spiro atoms. The number of carbonyl (C=O) groups excluding carboxylic acids is 1. The maximum Gasteiger partial charge on any atom is 0.200 e. The molecule has 0 N–H and O–H groups in total. The maximum absolute atomic E-state index is 12.2. The van der Waals surface area contributed by atoms with Crippen molar-refractivity contribution in [1.82, 2.24) is 0 Å². The van der Waals surface area contributed by atoms with Gasteiger partial charge in [0.25, 0.3) is 0 Å². The number of hydrogen-bond donors (Lipinski definition) is 0.